The SMILES string of the molecule is CCc1ccc(C(=O)NCCS(=O)(=O)N2CCN(c3ccccn3)CC2)cc1. The maximum absolute atomic E-state index is 12.6. The Hall–Kier alpha value is -2.45. The first-order valence-corrected chi connectivity index (χ1v) is 11.1. The number of sulfonamides is 1. The minimum absolute atomic E-state index is 0.0944. The van der Waals surface area contributed by atoms with Crippen molar-refractivity contribution in [1.82, 2.24) is 14.6 Å². The van der Waals surface area contributed by atoms with Crippen molar-refractivity contribution in [2.45, 2.75) is 13.3 Å². The Morgan fingerprint density at radius 1 is 1.07 bits per heavy atom. The van der Waals surface area contributed by atoms with Gasteiger partial charge in [0.1, 0.15) is 5.82 Å². The molecule has 0 atom stereocenters. The van der Waals surface area contributed by atoms with Crippen molar-refractivity contribution < 1.29 is 13.2 Å². The van der Waals surface area contributed by atoms with Crippen LogP contribution in [0.25, 0.3) is 0 Å². The summed E-state index contributed by atoms with van der Waals surface area (Å²) in [5.41, 5.74) is 1.70. The van der Waals surface area contributed by atoms with E-state index >= 15 is 0 Å². The van der Waals surface area contributed by atoms with Crippen molar-refractivity contribution in [3.63, 3.8) is 0 Å². The molecule has 28 heavy (non-hydrogen) atoms. The zero-order valence-electron chi connectivity index (χ0n) is 16.0. The predicted octanol–water partition coefficient (Wildman–Crippen LogP) is 1.53. The smallest absolute Gasteiger partial charge is 0.251 e. The number of aromatic nitrogens is 1. The topological polar surface area (TPSA) is 82.6 Å². The van der Waals surface area contributed by atoms with Crippen LogP contribution in [0.4, 0.5) is 5.82 Å². The summed E-state index contributed by atoms with van der Waals surface area (Å²) in [6.45, 7) is 4.20. The summed E-state index contributed by atoms with van der Waals surface area (Å²) in [6, 6.07) is 13.0. The van der Waals surface area contributed by atoms with E-state index in [-0.39, 0.29) is 18.2 Å². The van der Waals surface area contributed by atoms with Crippen molar-refractivity contribution >= 4 is 21.7 Å². The van der Waals surface area contributed by atoms with Crippen molar-refractivity contribution in [2.75, 3.05) is 43.4 Å². The molecule has 1 aliphatic heterocycles. The Balaban J connectivity index is 1.47. The van der Waals surface area contributed by atoms with E-state index in [1.807, 2.05) is 30.3 Å². The van der Waals surface area contributed by atoms with Gasteiger partial charge in [0.15, 0.2) is 0 Å². The number of hydrogen-bond donors (Lipinski definition) is 1. The van der Waals surface area contributed by atoms with Gasteiger partial charge in [-0.3, -0.25) is 4.79 Å². The fourth-order valence-corrected chi connectivity index (χ4v) is 4.49. The minimum atomic E-state index is -3.41. The number of hydrogen-bond acceptors (Lipinski definition) is 5. The number of anilines is 1. The zero-order chi connectivity index (χ0) is 20.0. The lowest BCUT2D eigenvalue weighted by Crippen LogP contribution is -2.50. The van der Waals surface area contributed by atoms with E-state index in [4.69, 9.17) is 0 Å². The second-order valence-corrected chi connectivity index (χ2v) is 8.78. The number of pyridine rings is 1. The lowest BCUT2D eigenvalue weighted by atomic mass is 10.1. The van der Waals surface area contributed by atoms with Gasteiger partial charge in [0, 0.05) is 44.5 Å². The van der Waals surface area contributed by atoms with Gasteiger partial charge >= 0.3 is 0 Å². The number of carbonyl (C=O) groups is 1. The maximum atomic E-state index is 12.6. The molecule has 1 aromatic carbocycles. The molecule has 3 rings (SSSR count). The van der Waals surface area contributed by atoms with Crippen LogP contribution in [0.5, 0.6) is 0 Å². The van der Waals surface area contributed by atoms with Crippen LogP contribution in [0.3, 0.4) is 0 Å². The molecule has 0 radical (unpaired) electrons. The van der Waals surface area contributed by atoms with E-state index in [9.17, 15) is 13.2 Å². The summed E-state index contributed by atoms with van der Waals surface area (Å²) >= 11 is 0. The molecule has 7 nitrogen and oxygen atoms in total. The van der Waals surface area contributed by atoms with Crippen LogP contribution in [0.2, 0.25) is 0 Å². The average molecular weight is 403 g/mol. The molecule has 0 aliphatic carbocycles. The van der Waals surface area contributed by atoms with Crippen molar-refractivity contribution in [2.24, 2.45) is 0 Å². The van der Waals surface area contributed by atoms with E-state index in [1.54, 1.807) is 18.3 Å². The van der Waals surface area contributed by atoms with Gasteiger partial charge in [-0.1, -0.05) is 25.1 Å². The van der Waals surface area contributed by atoms with Crippen LogP contribution >= 0.6 is 0 Å². The summed E-state index contributed by atoms with van der Waals surface area (Å²) in [5, 5.41) is 2.70. The molecule has 0 unspecified atom stereocenters. The zero-order valence-corrected chi connectivity index (χ0v) is 16.9. The monoisotopic (exact) mass is 402 g/mol. The van der Waals surface area contributed by atoms with Gasteiger partial charge in [-0.15, -0.1) is 0 Å². The molecule has 1 aliphatic rings. The molecule has 2 heterocycles. The number of aryl methyl sites for hydroxylation is 1. The van der Waals surface area contributed by atoms with Crippen LogP contribution in [-0.4, -0.2) is 62.1 Å². The van der Waals surface area contributed by atoms with Crippen molar-refractivity contribution in [1.29, 1.82) is 0 Å². The maximum Gasteiger partial charge on any atom is 0.251 e. The fourth-order valence-electron chi connectivity index (χ4n) is 3.15. The second kappa shape index (κ2) is 9.16. The summed E-state index contributed by atoms with van der Waals surface area (Å²) in [6.07, 6.45) is 2.64. The summed E-state index contributed by atoms with van der Waals surface area (Å²) < 4.78 is 26.6. The lowest BCUT2D eigenvalue weighted by Gasteiger charge is -2.34. The number of nitrogens with zero attached hydrogens (tertiary/aromatic N) is 3. The van der Waals surface area contributed by atoms with Gasteiger partial charge < -0.3 is 10.2 Å². The highest BCUT2D eigenvalue weighted by molar-refractivity contribution is 7.89. The van der Waals surface area contributed by atoms with E-state index < -0.39 is 10.0 Å². The quantitative estimate of drug-likeness (QED) is 0.759. The molecule has 1 aromatic heterocycles. The van der Waals surface area contributed by atoms with Crippen molar-refractivity contribution in [3.8, 4) is 0 Å². The first-order valence-electron chi connectivity index (χ1n) is 9.50. The molecule has 0 spiro atoms. The summed E-state index contributed by atoms with van der Waals surface area (Å²) in [4.78, 5) is 18.6. The van der Waals surface area contributed by atoms with E-state index in [1.165, 1.54) is 4.31 Å². The third-order valence-corrected chi connectivity index (χ3v) is 6.75. The molecule has 1 saturated heterocycles. The van der Waals surface area contributed by atoms with E-state index in [0.717, 1.165) is 17.8 Å². The number of benzene rings is 1. The van der Waals surface area contributed by atoms with Crippen LogP contribution in [0, 0.1) is 0 Å². The molecule has 1 N–H and O–H groups in total. The van der Waals surface area contributed by atoms with Gasteiger partial charge in [0.2, 0.25) is 10.0 Å². The normalized spacial score (nSPS) is 15.4. The predicted molar refractivity (Wildman–Crippen MR) is 110 cm³/mol. The fraction of sp³-hybridized carbons (Fsp3) is 0.400. The van der Waals surface area contributed by atoms with Gasteiger partial charge in [0.05, 0.1) is 5.75 Å². The van der Waals surface area contributed by atoms with Crippen LogP contribution in [0.15, 0.2) is 48.7 Å². The number of piperazine rings is 1. The molecule has 1 amide bonds. The largest absolute Gasteiger partial charge is 0.354 e. The number of carbonyl (C=O) groups excluding carboxylic acids is 1. The molecular formula is C20H26N4O3S. The first kappa shape index (κ1) is 20.3. The molecule has 2 aromatic rings. The summed E-state index contributed by atoms with van der Waals surface area (Å²) in [7, 11) is -3.41. The first-order chi connectivity index (χ1) is 13.5. The van der Waals surface area contributed by atoms with Gasteiger partial charge in [-0.05, 0) is 36.2 Å². The Labute approximate surface area is 166 Å². The van der Waals surface area contributed by atoms with Crippen LogP contribution in [0.1, 0.15) is 22.8 Å². The van der Waals surface area contributed by atoms with Gasteiger partial charge in [0.25, 0.3) is 5.91 Å². The Kier molecular flexibility index (Phi) is 6.64. The van der Waals surface area contributed by atoms with Gasteiger partial charge in [-0.25, -0.2) is 13.4 Å². The molecule has 1 fully saturated rings. The Bertz CT molecular complexity index is 877. The van der Waals surface area contributed by atoms with E-state index in [0.29, 0.717) is 31.7 Å². The molecular weight excluding hydrogens is 376 g/mol. The second-order valence-electron chi connectivity index (χ2n) is 6.70. The Morgan fingerprint density at radius 3 is 2.39 bits per heavy atom. The number of nitrogens with one attached hydrogen (secondary N) is 1. The third-order valence-electron chi connectivity index (χ3n) is 4.88. The number of rotatable bonds is 7. The van der Waals surface area contributed by atoms with Crippen LogP contribution in [-0.2, 0) is 16.4 Å². The third kappa shape index (κ3) is 5.08. The summed E-state index contributed by atoms with van der Waals surface area (Å²) in [5.74, 6) is 0.508. The van der Waals surface area contributed by atoms with Gasteiger partial charge in [-0.2, -0.15) is 4.31 Å². The lowest BCUT2D eigenvalue weighted by molar-refractivity contribution is 0.0956. The molecule has 150 valence electrons. The minimum Gasteiger partial charge on any atom is -0.354 e. The highest BCUT2D eigenvalue weighted by atomic mass is 32.2. The number of amides is 1. The van der Waals surface area contributed by atoms with Crippen LogP contribution < -0.4 is 10.2 Å². The highest BCUT2D eigenvalue weighted by Gasteiger charge is 2.27. The average Bonchev–Trinajstić information content (AvgIpc) is 2.74. The van der Waals surface area contributed by atoms with Crippen molar-refractivity contribution in [3.05, 3.63) is 59.8 Å². The molecule has 0 bridgehead atoms. The molecule has 0 saturated carbocycles. The van der Waals surface area contributed by atoms with E-state index in [2.05, 4.69) is 22.1 Å². The highest BCUT2D eigenvalue weighted by Crippen LogP contribution is 2.14. The standard InChI is InChI=1S/C20H26N4O3S/c1-2-17-6-8-18(9-7-17)20(25)22-11-16-28(26,27)24-14-12-23(13-15-24)19-5-3-4-10-21-19/h3-10H,2,11-16H2,1H3,(H,22,25). The molecule has 8 heteroatoms. The Morgan fingerprint density at radius 2 is 1.79 bits per heavy atom.